The number of nitrogens with zero attached hydrogens (tertiary/aromatic N) is 7. The van der Waals surface area contributed by atoms with E-state index in [2.05, 4.69) is 43.0 Å². The zero-order valence-electron chi connectivity index (χ0n) is 23.6. The number of imidazole rings is 1. The Morgan fingerprint density at radius 1 is 1.20 bits per heavy atom. The van der Waals surface area contributed by atoms with E-state index in [1.165, 1.54) is 24.4 Å². The van der Waals surface area contributed by atoms with Gasteiger partial charge in [-0.2, -0.15) is 9.47 Å². The number of likely N-dealkylation sites (tertiary alicyclic amines) is 1. The summed E-state index contributed by atoms with van der Waals surface area (Å²) in [5.41, 5.74) is 5.46. The van der Waals surface area contributed by atoms with Crippen molar-refractivity contribution in [2.24, 2.45) is 5.92 Å². The lowest BCUT2D eigenvalue weighted by Crippen LogP contribution is -2.33. The zero-order chi connectivity index (χ0) is 28.3. The van der Waals surface area contributed by atoms with Crippen LogP contribution in [0.15, 0.2) is 61.2 Å². The average molecular weight is 570 g/mol. The highest BCUT2D eigenvalue weighted by atomic mass is 32.1. The van der Waals surface area contributed by atoms with Gasteiger partial charge in [0.1, 0.15) is 11.5 Å². The predicted molar refractivity (Wildman–Crippen MR) is 161 cm³/mol. The summed E-state index contributed by atoms with van der Waals surface area (Å²) in [6.45, 7) is 9.53. The number of benzene rings is 1. The lowest BCUT2D eigenvalue weighted by atomic mass is 10.0. The maximum absolute atomic E-state index is 12.7. The fourth-order valence-corrected chi connectivity index (χ4v) is 6.13. The fraction of sp³-hybridized carbons (Fsp3) is 0.367. The van der Waals surface area contributed by atoms with Gasteiger partial charge in [-0.3, -0.25) is 18.8 Å². The standard InChI is InChI=1S/C30H35N9OS/c1-20-8-7-11-37(15-20)18-25-12-28(41-36-25)35-29-30-31-14-26(39(30)16-21(2)33-29)24-13-32-38(17-24)19-27(40)34-22(3)23-9-5-4-6-10-23/h4-6,9-10,12-14,16-17,20,22H,7-8,11,15,18-19H2,1-3H3,(H,33,35)(H,34,40)/t20?,22-/m0/s1. The Morgan fingerprint density at radius 3 is 2.88 bits per heavy atom. The first kappa shape index (κ1) is 27.1. The van der Waals surface area contributed by atoms with Gasteiger partial charge in [0, 0.05) is 31.0 Å². The van der Waals surface area contributed by atoms with Gasteiger partial charge < -0.3 is 10.6 Å². The summed E-state index contributed by atoms with van der Waals surface area (Å²) in [7, 11) is 0. The number of nitrogens with one attached hydrogen (secondary N) is 2. The number of hydrogen-bond acceptors (Lipinski definition) is 8. The molecule has 1 saturated heterocycles. The first-order valence-electron chi connectivity index (χ1n) is 14.1. The topological polar surface area (TPSA) is 105 Å². The Bertz CT molecular complexity index is 1640. The molecular formula is C30H35N9OS. The third kappa shape index (κ3) is 6.31. The van der Waals surface area contributed by atoms with E-state index in [0.717, 1.165) is 58.8 Å². The van der Waals surface area contributed by atoms with E-state index in [-0.39, 0.29) is 18.5 Å². The van der Waals surface area contributed by atoms with Crippen LogP contribution >= 0.6 is 11.5 Å². The second-order valence-corrected chi connectivity index (χ2v) is 11.8. The quantitative estimate of drug-likeness (QED) is 0.251. The largest absolute Gasteiger partial charge is 0.348 e. The molecule has 5 aromatic rings. The van der Waals surface area contributed by atoms with E-state index in [1.54, 1.807) is 10.9 Å². The summed E-state index contributed by atoms with van der Waals surface area (Å²) in [4.78, 5) is 24.6. The summed E-state index contributed by atoms with van der Waals surface area (Å²) in [5.74, 6) is 1.33. The lowest BCUT2D eigenvalue weighted by Gasteiger charge is -2.30. The van der Waals surface area contributed by atoms with Crippen molar-refractivity contribution >= 4 is 33.9 Å². The molecule has 2 N–H and O–H groups in total. The highest BCUT2D eigenvalue weighted by Crippen LogP contribution is 2.28. The summed E-state index contributed by atoms with van der Waals surface area (Å²) in [6, 6.07) is 11.9. The van der Waals surface area contributed by atoms with Crippen LogP contribution in [0.3, 0.4) is 0 Å². The molecule has 10 nitrogen and oxygen atoms in total. The Balaban J connectivity index is 1.15. The molecule has 1 amide bonds. The van der Waals surface area contributed by atoms with Gasteiger partial charge in [0.05, 0.1) is 35.5 Å². The van der Waals surface area contributed by atoms with E-state index in [0.29, 0.717) is 11.5 Å². The van der Waals surface area contributed by atoms with Crippen molar-refractivity contribution in [3.63, 3.8) is 0 Å². The smallest absolute Gasteiger partial charge is 0.242 e. The molecule has 1 aliphatic rings. The molecule has 0 bridgehead atoms. The number of fused-ring (bicyclic) bond motifs is 1. The highest BCUT2D eigenvalue weighted by molar-refractivity contribution is 7.10. The van der Waals surface area contributed by atoms with Gasteiger partial charge in [0.2, 0.25) is 5.91 Å². The molecule has 212 valence electrons. The summed E-state index contributed by atoms with van der Waals surface area (Å²) in [6.07, 6.45) is 9.97. The number of aromatic nitrogens is 6. The third-order valence-corrected chi connectivity index (χ3v) is 8.19. The molecule has 4 aromatic heterocycles. The predicted octanol–water partition coefficient (Wildman–Crippen LogP) is 5.21. The van der Waals surface area contributed by atoms with Crippen LogP contribution in [0.25, 0.3) is 16.9 Å². The van der Waals surface area contributed by atoms with Crippen molar-refractivity contribution in [2.75, 3.05) is 18.4 Å². The zero-order valence-corrected chi connectivity index (χ0v) is 24.4. The molecule has 0 saturated carbocycles. The second-order valence-electron chi connectivity index (χ2n) is 11.0. The monoisotopic (exact) mass is 569 g/mol. The van der Waals surface area contributed by atoms with Crippen LogP contribution in [0.4, 0.5) is 10.8 Å². The first-order chi connectivity index (χ1) is 19.9. The van der Waals surface area contributed by atoms with E-state index < -0.39 is 0 Å². The number of rotatable bonds is 9. The molecule has 2 atom stereocenters. The minimum atomic E-state index is -0.0978. The molecule has 1 unspecified atom stereocenters. The fourth-order valence-electron chi connectivity index (χ4n) is 5.47. The van der Waals surface area contributed by atoms with E-state index in [9.17, 15) is 4.79 Å². The molecule has 1 fully saturated rings. The Morgan fingerprint density at radius 2 is 2.05 bits per heavy atom. The summed E-state index contributed by atoms with van der Waals surface area (Å²) in [5, 5.41) is 11.9. The first-order valence-corrected chi connectivity index (χ1v) is 14.9. The van der Waals surface area contributed by atoms with Gasteiger partial charge >= 0.3 is 0 Å². The van der Waals surface area contributed by atoms with Crippen LogP contribution in [-0.2, 0) is 17.9 Å². The molecular weight excluding hydrogens is 534 g/mol. The van der Waals surface area contributed by atoms with Crippen molar-refractivity contribution < 1.29 is 4.79 Å². The highest BCUT2D eigenvalue weighted by Gasteiger charge is 2.19. The van der Waals surface area contributed by atoms with Crippen LogP contribution in [0, 0.1) is 12.8 Å². The van der Waals surface area contributed by atoms with Crippen molar-refractivity contribution in [1.29, 1.82) is 0 Å². The Kier molecular flexibility index (Phi) is 7.80. The van der Waals surface area contributed by atoms with Crippen molar-refractivity contribution in [1.82, 2.24) is 38.7 Å². The average Bonchev–Trinajstić information content (AvgIpc) is 3.69. The van der Waals surface area contributed by atoms with Crippen LogP contribution in [-0.4, -0.2) is 52.4 Å². The minimum Gasteiger partial charge on any atom is -0.348 e. The number of carbonyl (C=O) groups is 1. The van der Waals surface area contributed by atoms with Gasteiger partial charge in [0.15, 0.2) is 11.5 Å². The van der Waals surface area contributed by atoms with E-state index in [4.69, 9.17) is 4.98 Å². The number of carbonyl (C=O) groups excluding carboxylic acids is 1. The number of amides is 1. The Hall–Kier alpha value is -4.09. The van der Waals surface area contributed by atoms with E-state index >= 15 is 0 Å². The SMILES string of the molecule is Cc1cn2c(-c3cnn(CC(=O)N[C@@H](C)c4ccccc4)c3)cnc2c(Nc2cc(CN3CCCC(C)C3)ns2)n1. The Labute approximate surface area is 243 Å². The number of piperidine rings is 1. The van der Waals surface area contributed by atoms with Crippen LogP contribution in [0.5, 0.6) is 0 Å². The van der Waals surface area contributed by atoms with Gasteiger partial charge in [-0.1, -0.05) is 37.3 Å². The van der Waals surface area contributed by atoms with Crippen LogP contribution < -0.4 is 10.6 Å². The number of hydrogen-bond donors (Lipinski definition) is 2. The third-order valence-electron chi connectivity index (χ3n) is 7.45. The van der Waals surface area contributed by atoms with Crippen molar-refractivity contribution in [2.45, 2.75) is 52.7 Å². The molecule has 1 aliphatic heterocycles. The maximum Gasteiger partial charge on any atom is 0.242 e. The lowest BCUT2D eigenvalue weighted by molar-refractivity contribution is -0.122. The molecule has 41 heavy (non-hydrogen) atoms. The molecule has 6 rings (SSSR count). The van der Waals surface area contributed by atoms with Crippen molar-refractivity contribution in [3.8, 4) is 11.3 Å². The number of anilines is 2. The molecule has 0 radical (unpaired) electrons. The molecule has 0 aliphatic carbocycles. The molecule has 11 heteroatoms. The molecule has 0 spiro atoms. The maximum atomic E-state index is 12.7. The second kappa shape index (κ2) is 11.8. The molecule has 5 heterocycles. The van der Waals surface area contributed by atoms with Crippen molar-refractivity contribution in [3.05, 3.63) is 78.1 Å². The van der Waals surface area contributed by atoms with Crippen LogP contribution in [0.2, 0.25) is 0 Å². The van der Waals surface area contributed by atoms with E-state index in [1.807, 2.05) is 67.2 Å². The normalized spacial score (nSPS) is 16.6. The van der Waals surface area contributed by atoms with Crippen LogP contribution in [0.1, 0.15) is 49.7 Å². The number of aryl methyl sites for hydroxylation is 1. The summed E-state index contributed by atoms with van der Waals surface area (Å²) >= 11 is 1.45. The minimum absolute atomic E-state index is 0.0815. The van der Waals surface area contributed by atoms with Gasteiger partial charge in [-0.15, -0.1) is 0 Å². The van der Waals surface area contributed by atoms with Gasteiger partial charge in [-0.25, -0.2) is 9.97 Å². The molecule has 1 aromatic carbocycles. The van der Waals surface area contributed by atoms with Gasteiger partial charge in [0.25, 0.3) is 0 Å². The van der Waals surface area contributed by atoms with Gasteiger partial charge in [-0.05, 0) is 62.3 Å². The summed E-state index contributed by atoms with van der Waals surface area (Å²) < 4.78 is 8.35.